The molecule has 3 aromatic rings. The van der Waals surface area contributed by atoms with E-state index in [1.54, 1.807) is 0 Å². The van der Waals surface area contributed by atoms with Crippen molar-refractivity contribution in [2.75, 3.05) is 5.73 Å². The van der Waals surface area contributed by atoms with Crippen LogP contribution in [0.15, 0.2) is 60.9 Å². The Morgan fingerprint density at radius 2 is 1.95 bits per heavy atom. The zero-order chi connectivity index (χ0) is 13.9. The molecular formula is C17H17N3. The summed E-state index contributed by atoms with van der Waals surface area (Å²) in [5.41, 5.74) is 10.3. The molecule has 0 saturated heterocycles. The van der Waals surface area contributed by atoms with Crippen molar-refractivity contribution in [2.24, 2.45) is 0 Å². The van der Waals surface area contributed by atoms with E-state index in [1.807, 2.05) is 30.6 Å². The minimum atomic E-state index is 0.732. The summed E-state index contributed by atoms with van der Waals surface area (Å²) in [4.78, 5) is 4.48. The van der Waals surface area contributed by atoms with Crippen LogP contribution in [0.4, 0.5) is 5.69 Å². The average Bonchev–Trinajstić information content (AvgIpc) is 2.90. The molecule has 1 heterocycles. The van der Waals surface area contributed by atoms with E-state index >= 15 is 0 Å². The molecule has 0 fully saturated rings. The number of imidazole rings is 1. The summed E-state index contributed by atoms with van der Waals surface area (Å²) in [7, 11) is 0. The van der Waals surface area contributed by atoms with Crippen LogP contribution < -0.4 is 5.73 Å². The number of aryl methyl sites for hydroxylation is 1. The number of hydrogen-bond acceptors (Lipinski definition) is 2. The molecule has 0 saturated carbocycles. The second-order valence-corrected chi connectivity index (χ2v) is 4.95. The number of rotatable bonds is 3. The Kier molecular flexibility index (Phi) is 3.25. The van der Waals surface area contributed by atoms with Gasteiger partial charge in [0.2, 0.25) is 0 Å². The smallest absolute Gasteiger partial charge is 0.140 e. The van der Waals surface area contributed by atoms with Crippen molar-refractivity contribution in [2.45, 2.75) is 13.5 Å². The van der Waals surface area contributed by atoms with E-state index in [1.165, 1.54) is 5.56 Å². The minimum absolute atomic E-state index is 0.732. The van der Waals surface area contributed by atoms with Crippen LogP contribution in [0.2, 0.25) is 0 Å². The minimum Gasteiger partial charge on any atom is -0.398 e. The van der Waals surface area contributed by atoms with Gasteiger partial charge < -0.3 is 10.3 Å². The van der Waals surface area contributed by atoms with Crippen LogP contribution in [0.25, 0.3) is 11.4 Å². The fraction of sp³-hybridized carbons (Fsp3) is 0.118. The molecule has 2 N–H and O–H groups in total. The highest BCUT2D eigenvalue weighted by Crippen LogP contribution is 2.21. The van der Waals surface area contributed by atoms with Crippen molar-refractivity contribution in [3.63, 3.8) is 0 Å². The average molecular weight is 263 g/mol. The van der Waals surface area contributed by atoms with Crippen LogP contribution in [-0.4, -0.2) is 9.55 Å². The number of hydrogen-bond donors (Lipinski definition) is 1. The number of nitrogens with two attached hydrogens (primary N) is 1. The summed E-state index contributed by atoms with van der Waals surface area (Å²) >= 11 is 0. The van der Waals surface area contributed by atoms with Gasteiger partial charge in [-0.1, -0.05) is 42.0 Å². The van der Waals surface area contributed by atoms with Crippen molar-refractivity contribution < 1.29 is 0 Å². The van der Waals surface area contributed by atoms with Gasteiger partial charge in [-0.25, -0.2) is 4.98 Å². The highest BCUT2D eigenvalue weighted by molar-refractivity contribution is 5.57. The van der Waals surface area contributed by atoms with E-state index in [0.717, 1.165) is 29.2 Å². The van der Waals surface area contributed by atoms with Gasteiger partial charge in [0, 0.05) is 23.6 Å². The van der Waals surface area contributed by atoms with E-state index in [4.69, 9.17) is 5.73 Å². The third-order valence-electron chi connectivity index (χ3n) is 3.39. The third-order valence-corrected chi connectivity index (χ3v) is 3.39. The summed E-state index contributed by atoms with van der Waals surface area (Å²) in [6, 6.07) is 16.3. The standard InChI is InChI=1S/C17H17N3/c1-13-5-4-7-14(11-13)17-19-9-10-20(17)12-15-6-2-3-8-16(15)18/h2-11H,12,18H2,1H3. The van der Waals surface area contributed by atoms with Gasteiger partial charge in [-0.3, -0.25) is 0 Å². The van der Waals surface area contributed by atoms with Gasteiger partial charge in [0.05, 0.1) is 6.54 Å². The van der Waals surface area contributed by atoms with Gasteiger partial charge >= 0.3 is 0 Å². The Balaban J connectivity index is 1.97. The fourth-order valence-electron chi connectivity index (χ4n) is 2.34. The van der Waals surface area contributed by atoms with Crippen LogP contribution >= 0.6 is 0 Å². The van der Waals surface area contributed by atoms with Crippen LogP contribution in [0.5, 0.6) is 0 Å². The van der Waals surface area contributed by atoms with E-state index in [0.29, 0.717) is 0 Å². The predicted molar refractivity (Wildman–Crippen MR) is 82.4 cm³/mol. The molecule has 100 valence electrons. The number of anilines is 1. The van der Waals surface area contributed by atoms with E-state index in [-0.39, 0.29) is 0 Å². The molecule has 0 aliphatic carbocycles. The van der Waals surface area contributed by atoms with Crippen molar-refractivity contribution >= 4 is 5.69 Å². The molecule has 0 radical (unpaired) electrons. The highest BCUT2D eigenvalue weighted by Gasteiger charge is 2.07. The van der Waals surface area contributed by atoms with E-state index < -0.39 is 0 Å². The third kappa shape index (κ3) is 2.43. The molecule has 3 nitrogen and oxygen atoms in total. The number of nitrogen functional groups attached to an aromatic ring is 1. The maximum Gasteiger partial charge on any atom is 0.140 e. The van der Waals surface area contributed by atoms with Gasteiger partial charge in [-0.15, -0.1) is 0 Å². The fourth-order valence-corrected chi connectivity index (χ4v) is 2.34. The van der Waals surface area contributed by atoms with Crippen molar-refractivity contribution in [3.8, 4) is 11.4 Å². The Morgan fingerprint density at radius 1 is 1.10 bits per heavy atom. The molecule has 0 aliphatic rings. The Morgan fingerprint density at radius 3 is 2.75 bits per heavy atom. The van der Waals surface area contributed by atoms with E-state index in [9.17, 15) is 0 Å². The van der Waals surface area contributed by atoms with Crippen LogP contribution in [0, 0.1) is 6.92 Å². The summed E-state index contributed by atoms with van der Waals surface area (Å²) in [5.74, 6) is 0.969. The number of aromatic nitrogens is 2. The maximum atomic E-state index is 6.02. The molecule has 3 rings (SSSR count). The molecule has 20 heavy (non-hydrogen) atoms. The molecule has 0 amide bonds. The number of nitrogens with zero attached hydrogens (tertiary/aromatic N) is 2. The second-order valence-electron chi connectivity index (χ2n) is 4.95. The van der Waals surface area contributed by atoms with E-state index in [2.05, 4.69) is 46.8 Å². The maximum absolute atomic E-state index is 6.02. The lowest BCUT2D eigenvalue weighted by molar-refractivity contribution is 0.809. The van der Waals surface area contributed by atoms with Crippen molar-refractivity contribution in [1.29, 1.82) is 0 Å². The van der Waals surface area contributed by atoms with Crippen LogP contribution in [0.3, 0.4) is 0 Å². The Hall–Kier alpha value is -2.55. The first-order valence-electron chi connectivity index (χ1n) is 6.65. The highest BCUT2D eigenvalue weighted by atomic mass is 15.1. The molecule has 0 atom stereocenters. The molecule has 3 heteroatoms. The van der Waals surface area contributed by atoms with Gasteiger partial charge in [0.1, 0.15) is 5.82 Å². The Bertz CT molecular complexity index is 728. The molecular weight excluding hydrogens is 246 g/mol. The summed E-state index contributed by atoms with van der Waals surface area (Å²) < 4.78 is 2.13. The molecule has 0 unspecified atom stereocenters. The molecule has 1 aromatic heterocycles. The zero-order valence-corrected chi connectivity index (χ0v) is 11.5. The quantitative estimate of drug-likeness (QED) is 0.735. The Labute approximate surface area is 118 Å². The molecule has 0 aliphatic heterocycles. The first-order valence-corrected chi connectivity index (χ1v) is 6.65. The lowest BCUT2D eigenvalue weighted by Gasteiger charge is -2.10. The topological polar surface area (TPSA) is 43.8 Å². The zero-order valence-electron chi connectivity index (χ0n) is 11.5. The SMILES string of the molecule is Cc1cccc(-c2nccn2Cc2ccccc2N)c1. The first kappa shape index (κ1) is 12.5. The van der Waals surface area contributed by atoms with Crippen LogP contribution in [-0.2, 0) is 6.54 Å². The van der Waals surface area contributed by atoms with Gasteiger partial charge in [0.15, 0.2) is 0 Å². The monoisotopic (exact) mass is 263 g/mol. The number of para-hydroxylation sites is 1. The lowest BCUT2D eigenvalue weighted by Crippen LogP contribution is -2.03. The van der Waals surface area contributed by atoms with Crippen molar-refractivity contribution in [3.05, 3.63) is 72.1 Å². The van der Waals surface area contributed by atoms with Gasteiger partial charge in [-0.05, 0) is 24.6 Å². The van der Waals surface area contributed by atoms with Gasteiger partial charge in [-0.2, -0.15) is 0 Å². The largest absolute Gasteiger partial charge is 0.398 e. The molecule has 0 bridgehead atoms. The van der Waals surface area contributed by atoms with Crippen LogP contribution in [0.1, 0.15) is 11.1 Å². The predicted octanol–water partition coefficient (Wildman–Crippen LogP) is 3.49. The second kappa shape index (κ2) is 5.21. The van der Waals surface area contributed by atoms with Gasteiger partial charge in [0.25, 0.3) is 0 Å². The van der Waals surface area contributed by atoms with Crippen molar-refractivity contribution in [1.82, 2.24) is 9.55 Å². The normalized spacial score (nSPS) is 10.7. The number of benzene rings is 2. The summed E-state index contributed by atoms with van der Waals surface area (Å²) in [5, 5.41) is 0. The molecule has 2 aromatic carbocycles. The first-order chi connectivity index (χ1) is 9.74. The summed E-state index contributed by atoms with van der Waals surface area (Å²) in [6.45, 7) is 2.82. The lowest BCUT2D eigenvalue weighted by atomic mass is 10.1. The summed E-state index contributed by atoms with van der Waals surface area (Å²) in [6.07, 6.45) is 3.82. The molecule has 0 spiro atoms.